The van der Waals surface area contributed by atoms with Gasteiger partial charge in [-0.3, -0.25) is 5.32 Å². The lowest BCUT2D eigenvalue weighted by Gasteiger charge is -2.03. The molecule has 2 aromatic heterocycles. The molecule has 2 heterocycles. The molecule has 1 aromatic carbocycles. The maximum Gasteiger partial charge on any atom is 0.321 e. The van der Waals surface area contributed by atoms with E-state index in [0.29, 0.717) is 24.0 Å². The van der Waals surface area contributed by atoms with Crippen LogP contribution in [-0.4, -0.2) is 34.9 Å². The Bertz CT molecular complexity index is 891. The number of carbonyl (C=O) groups is 1. The number of urea groups is 1. The summed E-state index contributed by atoms with van der Waals surface area (Å²) in [4.78, 5) is 16.4. The normalized spacial score (nSPS) is 10.6. The molecule has 0 unspecified atom stereocenters. The Hall–Kier alpha value is -2.94. The number of nitrogens with one attached hydrogen (secondary N) is 2. The SMILES string of the molecule is CCCCc1nnc(NC(=O)NCCc2coc(-c3ccc(OC)cc3)n2)s1. The van der Waals surface area contributed by atoms with Gasteiger partial charge in [-0.15, -0.1) is 10.2 Å². The molecule has 0 aliphatic heterocycles. The first-order chi connectivity index (χ1) is 13.7. The summed E-state index contributed by atoms with van der Waals surface area (Å²) in [5.41, 5.74) is 1.64. The van der Waals surface area contributed by atoms with Gasteiger partial charge in [0.25, 0.3) is 0 Å². The maximum absolute atomic E-state index is 12.0. The van der Waals surface area contributed by atoms with E-state index in [1.54, 1.807) is 13.4 Å². The van der Waals surface area contributed by atoms with E-state index in [0.717, 1.165) is 41.3 Å². The van der Waals surface area contributed by atoms with Crippen molar-refractivity contribution in [3.05, 3.63) is 41.2 Å². The van der Waals surface area contributed by atoms with Crippen LogP contribution in [0, 0.1) is 0 Å². The molecule has 0 radical (unpaired) electrons. The molecule has 9 heteroatoms. The summed E-state index contributed by atoms with van der Waals surface area (Å²) in [5, 5.41) is 15.0. The van der Waals surface area contributed by atoms with Crippen LogP contribution in [0.5, 0.6) is 5.75 Å². The molecule has 3 rings (SSSR count). The summed E-state index contributed by atoms with van der Waals surface area (Å²) >= 11 is 1.40. The number of methoxy groups -OCH3 is 1. The van der Waals surface area contributed by atoms with Crippen molar-refractivity contribution >= 4 is 22.5 Å². The fraction of sp³-hybridized carbons (Fsp3) is 0.368. The second-order valence-electron chi connectivity index (χ2n) is 6.11. The molecule has 8 nitrogen and oxygen atoms in total. The second kappa shape index (κ2) is 9.84. The van der Waals surface area contributed by atoms with Gasteiger partial charge in [0.2, 0.25) is 11.0 Å². The first-order valence-corrected chi connectivity index (χ1v) is 9.95. The summed E-state index contributed by atoms with van der Waals surface area (Å²) in [6.07, 6.45) is 5.22. The average molecular weight is 401 g/mol. The molecular weight excluding hydrogens is 378 g/mol. The molecule has 0 aliphatic rings. The quantitative estimate of drug-likeness (QED) is 0.564. The van der Waals surface area contributed by atoms with E-state index in [1.807, 2.05) is 24.3 Å². The van der Waals surface area contributed by atoms with Gasteiger partial charge in [0.05, 0.1) is 12.8 Å². The fourth-order valence-corrected chi connectivity index (χ4v) is 3.24. The largest absolute Gasteiger partial charge is 0.497 e. The van der Waals surface area contributed by atoms with Crippen LogP contribution in [0.2, 0.25) is 0 Å². The van der Waals surface area contributed by atoms with Crippen molar-refractivity contribution in [2.24, 2.45) is 0 Å². The van der Waals surface area contributed by atoms with Crippen LogP contribution < -0.4 is 15.4 Å². The number of amides is 2. The molecule has 28 heavy (non-hydrogen) atoms. The van der Waals surface area contributed by atoms with Crippen LogP contribution in [0.4, 0.5) is 9.93 Å². The highest BCUT2D eigenvalue weighted by Gasteiger charge is 2.10. The number of hydrogen-bond donors (Lipinski definition) is 2. The maximum atomic E-state index is 12.0. The Morgan fingerprint density at radius 2 is 2.04 bits per heavy atom. The molecule has 0 saturated carbocycles. The Morgan fingerprint density at radius 3 is 2.79 bits per heavy atom. The van der Waals surface area contributed by atoms with Crippen molar-refractivity contribution in [1.29, 1.82) is 0 Å². The first-order valence-electron chi connectivity index (χ1n) is 9.14. The van der Waals surface area contributed by atoms with Crippen LogP contribution in [0.1, 0.15) is 30.5 Å². The molecule has 0 saturated heterocycles. The minimum absolute atomic E-state index is 0.308. The lowest BCUT2D eigenvalue weighted by molar-refractivity contribution is 0.252. The number of benzene rings is 1. The van der Waals surface area contributed by atoms with Crippen molar-refractivity contribution in [3.8, 4) is 17.2 Å². The predicted molar refractivity (Wildman–Crippen MR) is 108 cm³/mol. The minimum atomic E-state index is -0.308. The minimum Gasteiger partial charge on any atom is -0.497 e. The summed E-state index contributed by atoms with van der Waals surface area (Å²) in [7, 11) is 1.62. The zero-order valence-corrected chi connectivity index (χ0v) is 16.7. The van der Waals surface area contributed by atoms with E-state index in [2.05, 4.69) is 32.7 Å². The van der Waals surface area contributed by atoms with Gasteiger partial charge in [-0.25, -0.2) is 9.78 Å². The highest BCUT2D eigenvalue weighted by Crippen LogP contribution is 2.22. The summed E-state index contributed by atoms with van der Waals surface area (Å²) in [6.45, 7) is 2.56. The van der Waals surface area contributed by atoms with E-state index in [4.69, 9.17) is 9.15 Å². The zero-order chi connectivity index (χ0) is 19.8. The summed E-state index contributed by atoms with van der Waals surface area (Å²) in [6, 6.07) is 7.17. The van der Waals surface area contributed by atoms with E-state index in [-0.39, 0.29) is 6.03 Å². The van der Waals surface area contributed by atoms with Gasteiger partial charge in [-0.05, 0) is 30.7 Å². The highest BCUT2D eigenvalue weighted by atomic mass is 32.1. The molecule has 0 atom stereocenters. The lowest BCUT2D eigenvalue weighted by atomic mass is 10.2. The molecular formula is C19H23N5O3S. The summed E-state index contributed by atoms with van der Waals surface area (Å²) < 4.78 is 10.7. The van der Waals surface area contributed by atoms with Crippen LogP contribution in [0.25, 0.3) is 11.5 Å². The van der Waals surface area contributed by atoms with Gasteiger partial charge in [-0.2, -0.15) is 0 Å². The van der Waals surface area contributed by atoms with Gasteiger partial charge in [0.15, 0.2) is 0 Å². The van der Waals surface area contributed by atoms with Gasteiger partial charge >= 0.3 is 6.03 Å². The van der Waals surface area contributed by atoms with Gasteiger partial charge in [0, 0.05) is 24.9 Å². The number of oxazole rings is 1. The molecule has 3 aromatic rings. The third-order valence-corrected chi connectivity index (χ3v) is 4.89. The van der Waals surface area contributed by atoms with Crippen molar-refractivity contribution in [2.75, 3.05) is 19.0 Å². The monoisotopic (exact) mass is 401 g/mol. The third-order valence-electron chi connectivity index (χ3n) is 3.99. The third kappa shape index (κ3) is 5.53. The van der Waals surface area contributed by atoms with Crippen LogP contribution in [0.3, 0.4) is 0 Å². The van der Waals surface area contributed by atoms with E-state index >= 15 is 0 Å². The molecule has 0 bridgehead atoms. The summed E-state index contributed by atoms with van der Waals surface area (Å²) in [5.74, 6) is 1.31. The van der Waals surface area contributed by atoms with Gasteiger partial charge in [-0.1, -0.05) is 24.7 Å². The van der Waals surface area contributed by atoms with E-state index < -0.39 is 0 Å². The molecule has 0 aliphatic carbocycles. The molecule has 2 N–H and O–H groups in total. The second-order valence-corrected chi connectivity index (χ2v) is 7.17. The van der Waals surface area contributed by atoms with Gasteiger partial charge in [0.1, 0.15) is 17.0 Å². The highest BCUT2D eigenvalue weighted by molar-refractivity contribution is 7.15. The van der Waals surface area contributed by atoms with Crippen LogP contribution in [-0.2, 0) is 12.8 Å². The number of ether oxygens (including phenoxy) is 1. The van der Waals surface area contributed by atoms with E-state index in [9.17, 15) is 4.79 Å². The Morgan fingerprint density at radius 1 is 1.21 bits per heavy atom. The Labute approximate surface area is 167 Å². The number of carbonyl (C=O) groups excluding carboxylic acids is 1. The van der Waals surface area contributed by atoms with E-state index in [1.165, 1.54) is 11.3 Å². The van der Waals surface area contributed by atoms with Crippen molar-refractivity contribution in [3.63, 3.8) is 0 Å². The smallest absolute Gasteiger partial charge is 0.321 e. The topological polar surface area (TPSA) is 102 Å². The number of hydrogen-bond acceptors (Lipinski definition) is 7. The Balaban J connectivity index is 1.44. The number of aryl methyl sites for hydroxylation is 1. The lowest BCUT2D eigenvalue weighted by Crippen LogP contribution is -2.30. The predicted octanol–water partition coefficient (Wildman–Crippen LogP) is 3.91. The van der Waals surface area contributed by atoms with Crippen molar-refractivity contribution < 1.29 is 13.9 Å². The van der Waals surface area contributed by atoms with Crippen LogP contribution >= 0.6 is 11.3 Å². The number of nitrogens with zero attached hydrogens (tertiary/aromatic N) is 3. The van der Waals surface area contributed by atoms with Crippen molar-refractivity contribution in [1.82, 2.24) is 20.5 Å². The zero-order valence-electron chi connectivity index (χ0n) is 15.9. The Kier molecular flexibility index (Phi) is 6.96. The van der Waals surface area contributed by atoms with Crippen LogP contribution in [0.15, 0.2) is 34.9 Å². The number of unbranched alkanes of at least 4 members (excludes halogenated alkanes) is 1. The van der Waals surface area contributed by atoms with Crippen molar-refractivity contribution in [2.45, 2.75) is 32.6 Å². The number of aromatic nitrogens is 3. The number of rotatable bonds is 9. The molecule has 148 valence electrons. The molecule has 2 amide bonds. The number of anilines is 1. The van der Waals surface area contributed by atoms with Gasteiger partial charge < -0.3 is 14.5 Å². The molecule has 0 spiro atoms. The average Bonchev–Trinajstić information content (AvgIpc) is 3.36. The fourth-order valence-electron chi connectivity index (χ4n) is 2.47. The molecule has 0 fully saturated rings. The first kappa shape index (κ1) is 19.8. The standard InChI is InChI=1S/C19H23N5O3S/c1-3-4-5-16-23-24-19(28-16)22-18(25)20-11-10-14-12-27-17(21-14)13-6-8-15(26-2)9-7-13/h6-9,12H,3-5,10-11H2,1-2H3,(H2,20,22,24,25).